The van der Waals surface area contributed by atoms with E-state index in [9.17, 15) is 0 Å². The maximum Gasteiger partial charge on any atom is 0.191 e. The van der Waals surface area contributed by atoms with Crippen molar-refractivity contribution in [1.29, 1.82) is 0 Å². The lowest BCUT2D eigenvalue weighted by Crippen LogP contribution is -2.38. The highest BCUT2D eigenvalue weighted by molar-refractivity contribution is 5.79. The van der Waals surface area contributed by atoms with Gasteiger partial charge >= 0.3 is 0 Å². The molecule has 0 fully saturated rings. The fraction of sp³-hybridized carbons (Fsp3) is 0.667. The Morgan fingerprint density at radius 2 is 2.00 bits per heavy atom. The maximum atomic E-state index is 5.80. The second-order valence-corrected chi connectivity index (χ2v) is 7.18. The molecule has 2 N–H and O–H groups in total. The van der Waals surface area contributed by atoms with Gasteiger partial charge in [-0.1, -0.05) is 26.0 Å². The molecule has 154 valence electrons. The Hall–Kier alpha value is -1.79. The van der Waals surface area contributed by atoms with Crippen molar-refractivity contribution in [2.24, 2.45) is 10.9 Å². The summed E-state index contributed by atoms with van der Waals surface area (Å²) in [6, 6.07) is 8.17. The van der Waals surface area contributed by atoms with Crippen LogP contribution in [-0.4, -0.2) is 64.4 Å². The summed E-state index contributed by atoms with van der Waals surface area (Å²) >= 11 is 0. The van der Waals surface area contributed by atoms with Crippen molar-refractivity contribution >= 4 is 5.96 Å². The van der Waals surface area contributed by atoms with Crippen LogP contribution >= 0.6 is 0 Å². The Balaban J connectivity index is 2.41. The second kappa shape index (κ2) is 13.4. The largest absolute Gasteiger partial charge is 0.492 e. The van der Waals surface area contributed by atoms with Crippen molar-refractivity contribution in [2.45, 2.75) is 39.8 Å². The molecule has 0 heterocycles. The van der Waals surface area contributed by atoms with Crippen LogP contribution in [0.25, 0.3) is 0 Å². The Morgan fingerprint density at radius 1 is 1.22 bits per heavy atom. The van der Waals surface area contributed by atoms with Crippen LogP contribution in [0.1, 0.15) is 32.8 Å². The van der Waals surface area contributed by atoms with Gasteiger partial charge in [0, 0.05) is 33.3 Å². The number of aliphatic imine (C=N–C) groups is 1. The summed E-state index contributed by atoms with van der Waals surface area (Å²) in [6.07, 6.45) is 1.23. The van der Waals surface area contributed by atoms with E-state index >= 15 is 0 Å². The van der Waals surface area contributed by atoms with Crippen molar-refractivity contribution in [2.75, 3.05) is 47.4 Å². The first-order chi connectivity index (χ1) is 13.0. The minimum Gasteiger partial charge on any atom is -0.492 e. The molecule has 0 saturated heterocycles. The summed E-state index contributed by atoms with van der Waals surface area (Å²) in [6.45, 7) is 10.3. The summed E-state index contributed by atoms with van der Waals surface area (Å²) in [5.74, 6) is 2.21. The Kier molecular flexibility index (Phi) is 11.5. The van der Waals surface area contributed by atoms with E-state index in [0.29, 0.717) is 19.1 Å². The molecule has 1 aromatic rings. The quantitative estimate of drug-likeness (QED) is 0.433. The number of rotatable bonds is 12. The van der Waals surface area contributed by atoms with Crippen LogP contribution in [0, 0.1) is 5.92 Å². The van der Waals surface area contributed by atoms with Gasteiger partial charge in [-0.3, -0.25) is 4.99 Å². The van der Waals surface area contributed by atoms with E-state index in [1.807, 2.05) is 33.2 Å². The van der Waals surface area contributed by atoms with Crippen LogP contribution in [0.5, 0.6) is 5.75 Å². The van der Waals surface area contributed by atoms with Crippen molar-refractivity contribution in [3.05, 3.63) is 29.8 Å². The normalized spacial score (nSPS) is 13.1. The third-order valence-electron chi connectivity index (χ3n) is 4.23. The molecule has 0 aliphatic heterocycles. The first-order valence-electron chi connectivity index (χ1n) is 9.88. The zero-order chi connectivity index (χ0) is 20.1. The van der Waals surface area contributed by atoms with Crippen LogP contribution in [0.15, 0.2) is 29.3 Å². The van der Waals surface area contributed by atoms with E-state index in [1.165, 1.54) is 0 Å². The van der Waals surface area contributed by atoms with Crippen LogP contribution in [0.3, 0.4) is 0 Å². The summed E-state index contributed by atoms with van der Waals surface area (Å²) < 4.78 is 11.6. The van der Waals surface area contributed by atoms with Crippen LogP contribution < -0.4 is 15.4 Å². The number of hydrogen-bond acceptors (Lipinski definition) is 4. The average Bonchev–Trinajstić information content (AvgIpc) is 2.63. The van der Waals surface area contributed by atoms with Gasteiger partial charge in [-0.15, -0.1) is 0 Å². The first kappa shape index (κ1) is 23.2. The second-order valence-electron chi connectivity index (χ2n) is 7.18. The monoisotopic (exact) mass is 378 g/mol. The van der Waals surface area contributed by atoms with Gasteiger partial charge in [0.15, 0.2) is 5.96 Å². The van der Waals surface area contributed by atoms with Gasteiger partial charge in [-0.05, 0) is 51.1 Å². The molecule has 27 heavy (non-hydrogen) atoms. The van der Waals surface area contributed by atoms with E-state index in [4.69, 9.17) is 9.47 Å². The van der Waals surface area contributed by atoms with E-state index in [2.05, 4.69) is 46.5 Å². The SMILES string of the molecule is CCOC(CCNC(=NC)NCc1cccc(OCCN(C)C)c1)C(C)C. The average molecular weight is 379 g/mol. The van der Waals surface area contributed by atoms with E-state index < -0.39 is 0 Å². The molecule has 0 aliphatic rings. The number of benzene rings is 1. The molecule has 0 bridgehead atoms. The molecule has 0 aliphatic carbocycles. The van der Waals surface area contributed by atoms with Gasteiger partial charge in [0.05, 0.1) is 6.10 Å². The first-order valence-corrected chi connectivity index (χ1v) is 9.88. The Morgan fingerprint density at radius 3 is 2.63 bits per heavy atom. The standard InChI is InChI=1S/C21H38N4O2/c1-7-26-20(17(2)3)11-12-23-21(22-4)24-16-18-9-8-10-19(15-18)27-14-13-25(5)6/h8-10,15,17,20H,7,11-14,16H2,1-6H3,(H2,22,23,24). The van der Waals surface area contributed by atoms with Gasteiger partial charge in [0.2, 0.25) is 0 Å². The zero-order valence-corrected chi connectivity index (χ0v) is 17.9. The molecule has 1 unspecified atom stereocenters. The van der Waals surface area contributed by atoms with E-state index in [0.717, 1.165) is 43.4 Å². The molecule has 0 radical (unpaired) electrons. The molecule has 1 atom stereocenters. The predicted molar refractivity (Wildman–Crippen MR) is 114 cm³/mol. The fourth-order valence-electron chi connectivity index (χ4n) is 2.65. The van der Waals surface area contributed by atoms with Crippen molar-refractivity contribution in [3.63, 3.8) is 0 Å². The number of nitrogens with zero attached hydrogens (tertiary/aromatic N) is 2. The number of guanidine groups is 1. The van der Waals surface area contributed by atoms with Gasteiger partial charge in [-0.2, -0.15) is 0 Å². The summed E-state index contributed by atoms with van der Waals surface area (Å²) in [4.78, 5) is 6.41. The van der Waals surface area contributed by atoms with Crippen molar-refractivity contribution < 1.29 is 9.47 Å². The number of ether oxygens (including phenoxy) is 2. The smallest absolute Gasteiger partial charge is 0.191 e. The third-order valence-corrected chi connectivity index (χ3v) is 4.23. The van der Waals surface area contributed by atoms with Gasteiger partial charge in [0.25, 0.3) is 0 Å². The van der Waals surface area contributed by atoms with Gasteiger partial charge in [0.1, 0.15) is 12.4 Å². The van der Waals surface area contributed by atoms with Crippen LogP contribution in [-0.2, 0) is 11.3 Å². The number of hydrogen-bond donors (Lipinski definition) is 2. The van der Waals surface area contributed by atoms with Gasteiger partial charge in [-0.25, -0.2) is 0 Å². The van der Waals surface area contributed by atoms with Crippen LogP contribution in [0.4, 0.5) is 0 Å². The molecule has 1 aromatic carbocycles. The molecule has 1 rings (SSSR count). The predicted octanol–water partition coefficient (Wildman–Crippen LogP) is 2.74. The fourth-order valence-corrected chi connectivity index (χ4v) is 2.65. The molecule has 0 aromatic heterocycles. The lowest BCUT2D eigenvalue weighted by Gasteiger charge is -2.21. The van der Waals surface area contributed by atoms with E-state index in [-0.39, 0.29) is 6.10 Å². The summed E-state index contributed by atoms with van der Waals surface area (Å²) in [5.41, 5.74) is 1.16. The summed E-state index contributed by atoms with van der Waals surface area (Å²) in [7, 11) is 5.87. The molecule has 6 heteroatoms. The van der Waals surface area contributed by atoms with Crippen molar-refractivity contribution in [1.82, 2.24) is 15.5 Å². The maximum absolute atomic E-state index is 5.80. The number of likely N-dealkylation sites (N-methyl/N-ethyl adjacent to an activating group) is 1. The molecule has 0 amide bonds. The van der Waals surface area contributed by atoms with Crippen LogP contribution in [0.2, 0.25) is 0 Å². The third kappa shape index (κ3) is 10.2. The molecule has 0 saturated carbocycles. The molecule has 6 nitrogen and oxygen atoms in total. The molecular weight excluding hydrogens is 340 g/mol. The Labute approximate surface area is 165 Å². The minimum absolute atomic E-state index is 0.275. The lowest BCUT2D eigenvalue weighted by atomic mass is 10.0. The highest BCUT2D eigenvalue weighted by Crippen LogP contribution is 2.13. The number of nitrogens with one attached hydrogen (secondary N) is 2. The summed E-state index contributed by atoms with van der Waals surface area (Å²) in [5, 5.41) is 6.72. The molecular formula is C21H38N4O2. The highest BCUT2D eigenvalue weighted by Gasteiger charge is 2.13. The zero-order valence-electron chi connectivity index (χ0n) is 17.9. The Bertz CT molecular complexity index is 547. The lowest BCUT2D eigenvalue weighted by molar-refractivity contribution is 0.0258. The van der Waals surface area contributed by atoms with E-state index in [1.54, 1.807) is 7.05 Å². The molecule has 0 spiro atoms. The van der Waals surface area contributed by atoms with Crippen molar-refractivity contribution in [3.8, 4) is 5.75 Å². The minimum atomic E-state index is 0.275. The highest BCUT2D eigenvalue weighted by atomic mass is 16.5. The topological polar surface area (TPSA) is 58.1 Å². The van der Waals surface area contributed by atoms with Gasteiger partial charge < -0.3 is 25.0 Å².